The van der Waals surface area contributed by atoms with Gasteiger partial charge in [-0.05, 0) is 89.9 Å². The first kappa shape index (κ1) is 78.9. The Bertz CT molecular complexity index is 1970. The second kappa shape index (κ2) is 50.3. The zero-order chi connectivity index (χ0) is 64.0. The van der Waals surface area contributed by atoms with Crippen LogP contribution in [0.25, 0.3) is 0 Å². The first-order valence-corrected chi connectivity index (χ1v) is 33.5. The van der Waals surface area contributed by atoms with Crippen molar-refractivity contribution in [2.45, 2.75) is 304 Å². The fourth-order valence-corrected chi connectivity index (χ4v) is 10.7. The van der Waals surface area contributed by atoms with Gasteiger partial charge in [0.2, 0.25) is 5.91 Å². The van der Waals surface area contributed by atoms with Crippen molar-refractivity contribution in [3.63, 3.8) is 0 Å². The number of hydrogen-bond donors (Lipinski definition) is 12. The Morgan fingerprint density at radius 3 is 1.27 bits per heavy atom. The first-order valence-electron chi connectivity index (χ1n) is 33.5. The molecule has 19 heteroatoms. The van der Waals surface area contributed by atoms with E-state index in [0.29, 0.717) is 12.8 Å². The van der Waals surface area contributed by atoms with Crippen LogP contribution in [-0.4, -0.2) is 193 Å². The van der Waals surface area contributed by atoms with Crippen LogP contribution in [0.15, 0.2) is 97.2 Å². The number of aliphatic hydroxyl groups excluding tert-OH is 11. The molecule has 3 aliphatic rings. The predicted octanol–water partition coefficient (Wildman–Crippen LogP) is 8.10. The highest BCUT2D eigenvalue weighted by molar-refractivity contribution is 5.76. The van der Waals surface area contributed by atoms with Crippen molar-refractivity contribution in [2.24, 2.45) is 0 Å². The van der Waals surface area contributed by atoms with Gasteiger partial charge in [-0.1, -0.05) is 201 Å². The average Bonchev–Trinajstić information content (AvgIpc) is 3.72. The van der Waals surface area contributed by atoms with Crippen LogP contribution in [0, 0.1) is 0 Å². The molecule has 12 N–H and O–H groups in total. The number of nitrogens with one attached hydrogen (secondary N) is 1. The molecule has 3 aliphatic heterocycles. The van der Waals surface area contributed by atoms with Gasteiger partial charge in [0.05, 0.1) is 38.6 Å². The number of rotatable bonds is 49. The lowest BCUT2D eigenvalue weighted by atomic mass is 9.96. The lowest BCUT2D eigenvalue weighted by Crippen LogP contribution is -2.66. The highest BCUT2D eigenvalue weighted by Gasteiger charge is 2.53. The quantitative estimate of drug-likeness (QED) is 0.0202. The van der Waals surface area contributed by atoms with E-state index in [-0.39, 0.29) is 18.9 Å². The number of unbranched alkanes of at least 4 members (excludes halogenated alkanes) is 19. The molecule has 0 spiro atoms. The third-order valence-corrected chi connectivity index (χ3v) is 16.1. The van der Waals surface area contributed by atoms with Crippen molar-refractivity contribution in [2.75, 3.05) is 26.4 Å². The number of carbonyl (C=O) groups excluding carboxylic acids is 1. The molecular weight excluding hydrogens is 1130 g/mol. The molecule has 17 unspecified atom stereocenters. The maximum absolute atomic E-state index is 13.4. The fourth-order valence-electron chi connectivity index (χ4n) is 10.7. The van der Waals surface area contributed by atoms with Crippen molar-refractivity contribution >= 4 is 5.91 Å². The van der Waals surface area contributed by atoms with E-state index in [0.717, 1.165) is 89.9 Å². The molecule has 3 saturated heterocycles. The Morgan fingerprint density at radius 2 is 0.795 bits per heavy atom. The minimum atomic E-state index is -1.99. The van der Waals surface area contributed by atoms with E-state index < -0.39 is 124 Å². The first-order chi connectivity index (χ1) is 42.8. The van der Waals surface area contributed by atoms with Crippen LogP contribution in [0.3, 0.4) is 0 Å². The fraction of sp³-hybridized carbons (Fsp3) is 0.754. The summed E-state index contributed by atoms with van der Waals surface area (Å²) in [6, 6.07) is -1.01. The average molecular weight is 1250 g/mol. The van der Waals surface area contributed by atoms with Crippen molar-refractivity contribution in [3.8, 4) is 0 Å². The molecule has 0 radical (unpaired) electrons. The topological polar surface area (TPSA) is 307 Å². The van der Waals surface area contributed by atoms with E-state index in [1.54, 1.807) is 6.08 Å². The Kier molecular flexibility index (Phi) is 45.1. The third kappa shape index (κ3) is 32.3. The van der Waals surface area contributed by atoms with Gasteiger partial charge in [0, 0.05) is 6.42 Å². The standard InChI is InChI=1S/C69H117NO18/c1-3-5-7-9-11-13-15-17-19-21-23-25-27-28-30-32-34-36-38-40-42-44-46-53(74)52(70-57(75)47-45-43-41-39-37-35-33-31-29-26-24-22-20-18-16-14-12-10-8-6-4-2)51-83-67-63(81)60(78)65(55(49-72)85-67)88-69-64(82)61(79)66(56(50-73)86-69)87-68-62(80)59(77)58(76)54(48-71)84-68/h6,8,12,14,18,20,24,26,28,30-31,33,36,38,44,46,52-56,58-69,71-74,76-82H,3-5,7,9-11,13,15-17,19,21-23,25,27,29,32,34-35,37,39-43,45,47-51H2,1-2H3,(H,70,75)/b8-6-,14-12-,20-18-,26-24-,30-28+,33-31-,38-36+,46-44+. The summed E-state index contributed by atoms with van der Waals surface area (Å²) in [6.45, 7) is 1.56. The summed E-state index contributed by atoms with van der Waals surface area (Å²) in [4.78, 5) is 13.4. The second-order valence-corrected chi connectivity index (χ2v) is 23.5. The van der Waals surface area contributed by atoms with Crippen LogP contribution in [-0.2, 0) is 33.2 Å². The molecule has 3 fully saturated rings. The summed E-state index contributed by atoms with van der Waals surface area (Å²) >= 11 is 0. The predicted molar refractivity (Wildman–Crippen MR) is 341 cm³/mol. The van der Waals surface area contributed by atoms with Crippen molar-refractivity contribution in [3.05, 3.63) is 97.2 Å². The van der Waals surface area contributed by atoms with Crippen LogP contribution in [0.2, 0.25) is 0 Å². The van der Waals surface area contributed by atoms with Crippen LogP contribution >= 0.6 is 0 Å². The maximum Gasteiger partial charge on any atom is 0.220 e. The monoisotopic (exact) mass is 1250 g/mol. The van der Waals surface area contributed by atoms with Gasteiger partial charge < -0.3 is 89.9 Å². The summed E-state index contributed by atoms with van der Waals surface area (Å²) < 4.78 is 34.3. The number of hydrogen-bond acceptors (Lipinski definition) is 18. The number of allylic oxidation sites excluding steroid dienone is 15. The molecular formula is C69H117NO18. The van der Waals surface area contributed by atoms with Gasteiger partial charge in [0.25, 0.3) is 0 Å². The zero-order valence-electron chi connectivity index (χ0n) is 53.2. The van der Waals surface area contributed by atoms with Gasteiger partial charge in [-0.3, -0.25) is 4.79 Å². The minimum Gasteiger partial charge on any atom is -0.394 e. The van der Waals surface area contributed by atoms with Gasteiger partial charge in [0.1, 0.15) is 73.2 Å². The second-order valence-electron chi connectivity index (χ2n) is 23.5. The molecule has 0 bridgehead atoms. The maximum atomic E-state index is 13.4. The molecule has 0 aromatic carbocycles. The number of carbonyl (C=O) groups is 1. The van der Waals surface area contributed by atoms with Crippen LogP contribution in [0.5, 0.6) is 0 Å². The molecule has 0 saturated carbocycles. The molecule has 19 nitrogen and oxygen atoms in total. The van der Waals surface area contributed by atoms with E-state index in [1.165, 1.54) is 77.0 Å². The van der Waals surface area contributed by atoms with Gasteiger partial charge >= 0.3 is 0 Å². The summed E-state index contributed by atoms with van der Waals surface area (Å²) in [7, 11) is 0. The van der Waals surface area contributed by atoms with Gasteiger partial charge in [0.15, 0.2) is 18.9 Å². The largest absolute Gasteiger partial charge is 0.394 e. The Hall–Kier alpha value is -3.29. The molecule has 0 aromatic rings. The molecule has 3 rings (SSSR count). The normalized spacial score (nSPS) is 29.0. The third-order valence-electron chi connectivity index (χ3n) is 16.1. The highest BCUT2D eigenvalue weighted by atomic mass is 16.8. The number of ether oxygens (including phenoxy) is 6. The van der Waals surface area contributed by atoms with Crippen molar-refractivity contribution in [1.29, 1.82) is 0 Å². The Morgan fingerprint density at radius 1 is 0.420 bits per heavy atom. The highest BCUT2D eigenvalue weighted by Crippen LogP contribution is 2.33. The van der Waals surface area contributed by atoms with E-state index in [1.807, 2.05) is 6.08 Å². The number of amides is 1. The zero-order valence-corrected chi connectivity index (χ0v) is 53.2. The summed E-state index contributed by atoms with van der Waals surface area (Å²) in [6.07, 6.45) is 38.1. The molecule has 0 aromatic heterocycles. The molecule has 88 heavy (non-hydrogen) atoms. The summed E-state index contributed by atoms with van der Waals surface area (Å²) in [5.41, 5.74) is 0. The molecule has 506 valence electrons. The number of aliphatic hydroxyl groups is 11. The van der Waals surface area contributed by atoms with E-state index >= 15 is 0 Å². The molecule has 3 heterocycles. The van der Waals surface area contributed by atoms with Gasteiger partial charge in [-0.2, -0.15) is 0 Å². The van der Waals surface area contributed by atoms with Crippen LogP contribution in [0.4, 0.5) is 0 Å². The van der Waals surface area contributed by atoms with Crippen LogP contribution < -0.4 is 5.32 Å². The Labute approximate surface area is 526 Å². The lowest BCUT2D eigenvalue weighted by Gasteiger charge is -2.48. The van der Waals surface area contributed by atoms with Gasteiger partial charge in [-0.25, -0.2) is 0 Å². The van der Waals surface area contributed by atoms with E-state index in [2.05, 4.69) is 104 Å². The van der Waals surface area contributed by atoms with E-state index in [9.17, 15) is 61.0 Å². The van der Waals surface area contributed by atoms with Gasteiger partial charge in [-0.15, -0.1) is 0 Å². The SMILES string of the molecule is CC/C=C\C/C=C\C/C=C\C/C=C\C/C=C\CCCCCCCC(=O)NC(COC1OC(CO)C(OC2OC(CO)C(OC3OC(CO)C(O)C(O)C3O)C(O)C2O)C(O)C1O)C(O)/C=C/CC/C=C/CC/C=C/CCCCCCCCCCCCCC. The molecule has 17 atom stereocenters. The van der Waals surface area contributed by atoms with Crippen molar-refractivity contribution < 1.29 is 89.4 Å². The smallest absolute Gasteiger partial charge is 0.220 e. The van der Waals surface area contributed by atoms with E-state index in [4.69, 9.17) is 28.4 Å². The summed E-state index contributed by atoms with van der Waals surface area (Å²) in [5, 5.41) is 120. The minimum absolute atomic E-state index is 0.204. The molecule has 1 amide bonds. The summed E-state index contributed by atoms with van der Waals surface area (Å²) in [5.74, 6) is -0.312. The van der Waals surface area contributed by atoms with Crippen molar-refractivity contribution in [1.82, 2.24) is 5.32 Å². The van der Waals surface area contributed by atoms with Crippen LogP contribution in [0.1, 0.15) is 200 Å². The Balaban J connectivity index is 1.49. The lowest BCUT2D eigenvalue weighted by molar-refractivity contribution is -0.379. The molecule has 0 aliphatic carbocycles.